The van der Waals surface area contributed by atoms with Crippen molar-refractivity contribution < 1.29 is 14.4 Å². The summed E-state index contributed by atoms with van der Waals surface area (Å²) in [6.07, 6.45) is 0.434. The highest BCUT2D eigenvalue weighted by molar-refractivity contribution is 7.17. The SMILES string of the molecule is CCC1(C)NC(=O)N(NC(=O)c2ccc(-c3ccc(Cl)cc3)s2)C1=O. The Morgan fingerprint density at radius 2 is 1.92 bits per heavy atom. The van der Waals surface area contributed by atoms with E-state index in [2.05, 4.69) is 10.7 Å². The lowest BCUT2D eigenvalue weighted by molar-refractivity contribution is -0.132. The fraction of sp³-hybridized carbons (Fsp3) is 0.235. The van der Waals surface area contributed by atoms with Gasteiger partial charge < -0.3 is 5.32 Å². The molecule has 8 heteroatoms. The summed E-state index contributed by atoms with van der Waals surface area (Å²) < 4.78 is 0. The quantitative estimate of drug-likeness (QED) is 0.801. The van der Waals surface area contributed by atoms with Crippen LogP contribution in [-0.4, -0.2) is 28.4 Å². The molecule has 0 spiro atoms. The van der Waals surface area contributed by atoms with E-state index in [4.69, 9.17) is 11.6 Å². The number of benzene rings is 1. The van der Waals surface area contributed by atoms with Crippen LogP contribution in [0.2, 0.25) is 5.02 Å². The molecule has 3 rings (SSSR count). The lowest BCUT2D eigenvalue weighted by Gasteiger charge is -2.19. The first-order chi connectivity index (χ1) is 11.8. The number of hydrogen-bond donors (Lipinski definition) is 2. The van der Waals surface area contributed by atoms with Crippen molar-refractivity contribution in [1.29, 1.82) is 0 Å². The van der Waals surface area contributed by atoms with Gasteiger partial charge in [0.1, 0.15) is 5.54 Å². The second-order valence-corrected chi connectivity index (χ2v) is 7.39. The standard InChI is InChI=1S/C17H16ClN3O3S/c1-3-17(2)15(23)21(16(24)19-17)20-14(22)13-9-8-12(25-13)10-4-6-11(18)7-5-10/h4-9H,3H2,1-2H3,(H,19,24)(H,20,22). The summed E-state index contributed by atoms with van der Waals surface area (Å²) in [4.78, 5) is 37.9. The molecule has 1 saturated heterocycles. The van der Waals surface area contributed by atoms with E-state index in [0.717, 1.165) is 15.4 Å². The van der Waals surface area contributed by atoms with Gasteiger partial charge in [0.2, 0.25) is 0 Å². The Morgan fingerprint density at radius 3 is 2.52 bits per heavy atom. The van der Waals surface area contributed by atoms with Gasteiger partial charge in [0, 0.05) is 9.90 Å². The normalized spacial score (nSPS) is 19.9. The lowest BCUT2D eigenvalue weighted by atomic mass is 10.00. The largest absolute Gasteiger partial charge is 0.344 e. The number of carbonyl (C=O) groups excluding carboxylic acids is 3. The van der Waals surface area contributed by atoms with Gasteiger partial charge in [0.05, 0.1) is 4.88 Å². The Hall–Kier alpha value is -2.38. The van der Waals surface area contributed by atoms with Crippen molar-refractivity contribution in [3.05, 3.63) is 46.3 Å². The van der Waals surface area contributed by atoms with Crippen LogP contribution in [0.25, 0.3) is 10.4 Å². The van der Waals surface area contributed by atoms with Crippen molar-refractivity contribution in [2.45, 2.75) is 25.8 Å². The van der Waals surface area contributed by atoms with Gasteiger partial charge in [-0.15, -0.1) is 11.3 Å². The molecule has 1 aliphatic heterocycles. The van der Waals surface area contributed by atoms with E-state index in [1.165, 1.54) is 11.3 Å². The maximum absolute atomic E-state index is 12.4. The first kappa shape index (κ1) is 17.4. The van der Waals surface area contributed by atoms with Crippen LogP contribution >= 0.6 is 22.9 Å². The zero-order chi connectivity index (χ0) is 18.2. The number of hydrogen-bond acceptors (Lipinski definition) is 4. The molecule has 1 aliphatic rings. The molecular formula is C17H16ClN3O3S. The highest BCUT2D eigenvalue weighted by Crippen LogP contribution is 2.29. The molecule has 2 aromatic rings. The number of carbonyl (C=O) groups is 3. The summed E-state index contributed by atoms with van der Waals surface area (Å²) in [7, 11) is 0. The topological polar surface area (TPSA) is 78.5 Å². The fourth-order valence-corrected chi connectivity index (χ4v) is 3.44. The predicted octanol–water partition coefficient (Wildman–Crippen LogP) is 3.43. The van der Waals surface area contributed by atoms with Gasteiger partial charge in [-0.3, -0.25) is 15.0 Å². The van der Waals surface area contributed by atoms with Gasteiger partial charge in [-0.25, -0.2) is 4.79 Å². The molecule has 2 heterocycles. The zero-order valence-corrected chi connectivity index (χ0v) is 15.2. The Bertz CT molecular complexity index is 849. The van der Waals surface area contributed by atoms with Crippen LogP contribution in [-0.2, 0) is 4.79 Å². The maximum Gasteiger partial charge on any atom is 0.344 e. The molecule has 2 N–H and O–H groups in total. The van der Waals surface area contributed by atoms with Crippen molar-refractivity contribution in [2.24, 2.45) is 0 Å². The Morgan fingerprint density at radius 1 is 1.24 bits per heavy atom. The molecule has 1 atom stereocenters. The van der Waals surface area contributed by atoms with Gasteiger partial charge in [0.15, 0.2) is 0 Å². The zero-order valence-electron chi connectivity index (χ0n) is 13.6. The average Bonchev–Trinajstić information content (AvgIpc) is 3.16. The molecule has 25 heavy (non-hydrogen) atoms. The molecule has 1 fully saturated rings. The number of nitrogens with zero attached hydrogens (tertiary/aromatic N) is 1. The molecule has 1 aromatic carbocycles. The molecule has 1 aromatic heterocycles. The van der Waals surface area contributed by atoms with Crippen LogP contribution in [0, 0.1) is 0 Å². The third-order valence-corrected chi connectivity index (χ3v) is 5.53. The number of thiophene rings is 1. The van der Waals surface area contributed by atoms with Gasteiger partial charge in [-0.05, 0) is 43.2 Å². The highest BCUT2D eigenvalue weighted by Gasteiger charge is 2.47. The highest BCUT2D eigenvalue weighted by atomic mass is 35.5. The van der Waals surface area contributed by atoms with Crippen LogP contribution in [0.4, 0.5) is 4.79 Å². The van der Waals surface area contributed by atoms with Crippen LogP contribution in [0.15, 0.2) is 36.4 Å². The molecule has 0 bridgehead atoms. The summed E-state index contributed by atoms with van der Waals surface area (Å²) in [6.45, 7) is 3.42. The minimum absolute atomic E-state index is 0.399. The number of nitrogens with one attached hydrogen (secondary N) is 2. The second-order valence-electron chi connectivity index (χ2n) is 5.87. The first-order valence-corrected chi connectivity index (χ1v) is 8.87. The Labute approximate surface area is 153 Å². The molecule has 0 aliphatic carbocycles. The minimum Gasteiger partial charge on any atom is -0.322 e. The third-order valence-electron chi connectivity index (χ3n) is 4.14. The monoisotopic (exact) mass is 377 g/mol. The molecule has 0 radical (unpaired) electrons. The second kappa shape index (κ2) is 6.50. The van der Waals surface area contributed by atoms with E-state index >= 15 is 0 Å². The van der Waals surface area contributed by atoms with E-state index in [9.17, 15) is 14.4 Å². The molecule has 4 amide bonds. The van der Waals surface area contributed by atoms with E-state index in [-0.39, 0.29) is 0 Å². The van der Waals surface area contributed by atoms with Crippen LogP contribution in [0.5, 0.6) is 0 Å². The smallest absolute Gasteiger partial charge is 0.322 e. The number of urea groups is 1. The summed E-state index contributed by atoms with van der Waals surface area (Å²) >= 11 is 7.14. The van der Waals surface area contributed by atoms with Crippen LogP contribution in [0.3, 0.4) is 0 Å². The third kappa shape index (κ3) is 3.25. The molecule has 6 nitrogen and oxygen atoms in total. The van der Waals surface area contributed by atoms with Crippen LogP contribution in [0.1, 0.15) is 29.9 Å². The maximum atomic E-state index is 12.4. The van der Waals surface area contributed by atoms with E-state index in [0.29, 0.717) is 16.3 Å². The van der Waals surface area contributed by atoms with Crippen molar-refractivity contribution in [1.82, 2.24) is 15.8 Å². The van der Waals surface area contributed by atoms with Gasteiger partial charge >= 0.3 is 6.03 Å². The molecular weight excluding hydrogens is 362 g/mol. The Balaban J connectivity index is 1.75. The van der Waals surface area contributed by atoms with E-state index < -0.39 is 23.4 Å². The van der Waals surface area contributed by atoms with Crippen molar-refractivity contribution in [2.75, 3.05) is 0 Å². The van der Waals surface area contributed by atoms with Gasteiger partial charge in [0.25, 0.3) is 11.8 Å². The molecule has 130 valence electrons. The van der Waals surface area contributed by atoms with Gasteiger partial charge in [-0.1, -0.05) is 30.7 Å². The molecule has 0 saturated carbocycles. The van der Waals surface area contributed by atoms with Gasteiger partial charge in [-0.2, -0.15) is 5.01 Å². The predicted molar refractivity (Wildman–Crippen MR) is 96.3 cm³/mol. The minimum atomic E-state index is -0.992. The van der Waals surface area contributed by atoms with Crippen LogP contribution < -0.4 is 10.7 Å². The number of imide groups is 1. The average molecular weight is 378 g/mol. The van der Waals surface area contributed by atoms with Crippen molar-refractivity contribution in [3.63, 3.8) is 0 Å². The summed E-state index contributed by atoms with van der Waals surface area (Å²) in [6, 6.07) is 10.1. The summed E-state index contributed by atoms with van der Waals surface area (Å²) in [5, 5.41) is 3.97. The summed E-state index contributed by atoms with van der Waals surface area (Å²) in [5.41, 5.74) is 2.32. The summed E-state index contributed by atoms with van der Waals surface area (Å²) in [5.74, 6) is -0.975. The fourth-order valence-electron chi connectivity index (χ4n) is 2.41. The molecule has 1 unspecified atom stereocenters. The number of amides is 4. The first-order valence-electron chi connectivity index (χ1n) is 7.67. The van der Waals surface area contributed by atoms with E-state index in [1.54, 1.807) is 32.0 Å². The lowest BCUT2D eigenvalue weighted by Crippen LogP contribution is -2.48. The number of halogens is 1. The number of hydrazine groups is 1. The van der Waals surface area contributed by atoms with Crippen molar-refractivity contribution in [3.8, 4) is 10.4 Å². The van der Waals surface area contributed by atoms with E-state index in [1.807, 2.05) is 18.2 Å². The van der Waals surface area contributed by atoms with Crippen molar-refractivity contribution >= 4 is 40.8 Å². The Kier molecular flexibility index (Phi) is 4.53. The number of rotatable bonds is 4.